The number of aromatic nitrogens is 3. The summed E-state index contributed by atoms with van der Waals surface area (Å²) in [6.07, 6.45) is 3.86. The Labute approximate surface area is 99.6 Å². The quantitative estimate of drug-likeness (QED) is 0.833. The summed E-state index contributed by atoms with van der Waals surface area (Å²) < 4.78 is 1.77. The van der Waals surface area contributed by atoms with E-state index in [9.17, 15) is 0 Å². The lowest BCUT2D eigenvalue weighted by Crippen LogP contribution is -2.19. The molecule has 0 aromatic carbocycles. The Kier molecular flexibility index (Phi) is 3.29. The second-order valence-electron chi connectivity index (χ2n) is 3.72. The molecule has 0 aliphatic heterocycles. The zero-order valence-electron chi connectivity index (χ0n) is 9.44. The van der Waals surface area contributed by atoms with Crippen molar-refractivity contribution in [2.24, 2.45) is 0 Å². The van der Waals surface area contributed by atoms with Crippen molar-refractivity contribution >= 4 is 23.1 Å². The Morgan fingerprint density at radius 1 is 1.44 bits per heavy atom. The van der Waals surface area contributed by atoms with E-state index in [2.05, 4.69) is 29.2 Å². The number of fused-ring (bicyclic) bond motifs is 1. The molecule has 2 aromatic heterocycles. The molecule has 4 nitrogen and oxygen atoms in total. The highest BCUT2D eigenvalue weighted by molar-refractivity contribution is 6.29. The minimum atomic E-state index is 0.436. The summed E-state index contributed by atoms with van der Waals surface area (Å²) in [4.78, 5) is 4.18. The van der Waals surface area contributed by atoms with Crippen LogP contribution in [0.25, 0.3) is 5.65 Å². The third-order valence-corrected chi connectivity index (χ3v) is 2.86. The topological polar surface area (TPSA) is 42.2 Å². The van der Waals surface area contributed by atoms with Crippen LogP contribution < -0.4 is 5.32 Å². The summed E-state index contributed by atoms with van der Waals surface area (Å²) in [6.45, 7) is 4.31. The van der Waals surface area contributed by atoms with Gasteiger partial charge in [-0.15, -0.1) is 0 Å². The summed E-state index contributed by atoms with van der Waals surface area (Å²) in [5, 5.41) is 8.13. The summed E-state index contributed by atoms with van der Waals surface area (Å²) in [6, 6.07) is 4.08. The van der Waals surface area contributed by atoms with E-state index < -0.39 is 0 Å². The Hall–Kier alpha value is -1.29. The van der Waals surface area contributed by atoms with Gasteiger partial charge in [-0.2, -0.15) is 9.61 Å². The number of hydrogen-bond donors (Lipinski definition) is 1. The molecule has 2 aromatic rings. The van der Waals surface area contributed by atoms with Crippen LogP contribution in [0.5, 0.6) is 0 Å². The lowest BCUT2D eigenvalue weighted by molar-refractivity contribution is 0.663. The second-order valence-corrected chi connectivity index (χ2v) is 4.11. The molecule has 0 unspecified atom stereocenters. The molecule has 0 fully saturated rings. The normalized spacial score (nSPS) is 11.2. The summed E-state index contributed by atoms with van der Waals surface area (Å²) in [5.41, 5.74) is 0.765. The Morgan fingerprint density at radius 2 is 2.19 bits per heavy atom. The number of rotatable bonds is 4. The number of nitrogens with one attached hydrogen (secondary N) is 1. The molecule has 0 spiro atoms. The average molecular weight is 239 g/mol. The van der Waals surface area contributed by atoms with Crippen molar-refractivity contribution in [3.8, 4) is 0 Å². The monoisotopic (exact) mass is 238 g/mol. The predicted molar refractivity (Wildman–Crippen MR) is 66.0 cm³/mol. The van der Waals surface area contributed by atoms with Crippen LogP contribution in [-0.4, -0.2) is 20.6 Å². The maximum Gasteiger partial charge on any atom is 0.159 e. The molecule has 16 heavy (non-hydrogen) atoms. The first-order chi connectivity index (χ1) is 7.74. The molecule has 2 heterocycles. The van der Waals surface area contributed by atoms with E-state index in [0.717, 1.165) is 24.3 Å². The largest absolute Gasteiger partial charge is 0.367 e. The highest BCUT2D eigenvalue weighted by Gasteiger charge is 2.08. The van der Waals surface area contributed by atoms with E-state index in [4.69, 9.17) is 11.6 Å². The van der Waals surface area contributed by atoms with Gasteiger partial charge in [0.05, 0.1) is 6.20 Å². The fourth-order valence-corrected chi connectivity index (χ4v) is 1.88. The van der Waals surface area contributed by atoms with Crippen molar-refractivity contribution in [2.45, 2.75) is 32.7 Å². The number of hydrogen-bond acceptors (Lipinski definition) is 3. The van der Waals surface area contributed by atoms with Gasteiger partial charge in [0, 0.05) is 18.2 Å². The first kappa shape index (κ1) is 11.2. The van der Waals surface area contributed by atoms with Crippen molar-refractivity contribution in [1.29, 1.82) is 0 Å². The minimum Gasteiger partial charge on any atom is -0.367 e. The van der Waals surface area contributed by atoms with E-state index in [0.29, 0.717) is 11.2 Å². The van der Waals surface area contributed by atoms with Gasteiger partial charge in [-0.25, -0.2) is 4.98 Å². The highest BCUT2D eigenvalue weighted by Crippen LogP contribution is 2.17. The van der Waals surface area contributed by atoms with Gasteiger partial charge in [0.2, 0.25) is 0 Å². The summed E-state index contributed by atoms with van der Waals surface area (Å²) in [5.74, 6) is 0.897. The van der Waals surface area contributed by atoms with E-state index in [1.165, 1.54) is 0 Å². The molecule has 86 valence electrons. The van der Waals surface area contributed by atoms with Gasteiger partial charge in [-0.05, 0) is 12.8 Å². The number of anilines is 1. The van der Waals surface area contributed by atoms with E-state index >= 15 is 0 Å². The van der Waals surface area contributed by atoms with E-state index in [-0.39, 0.29) is 0 Å². The van der Waals surface area contributed by atoms with Crippen LogP contribution in [-0.2, 0) is 0 Å². The van der Waals surface area contributed by atoms with Crippen molar-refractivity contribution in [2.75, 3.05) is 5.32 Å². The molecule has 0 radical (unpaired) electrons. The smallest absolute Gasteiger partial charge is 0.159 e. The molecule has 0 saturated heterocycles. The molecular formula is C11H15ClN4. The first-order valence-corrected chi connectivity index (χ1v) is 5.89. The zero-order valence-corrected chi connectivity index (χ0v) is 10.2. The third-order valence-electron chi connectivity index (χ3n) is 2.67. The van der Waals surface area contributed by atoms with Gasteiger partial charge < -0.3 is 5.32 Å². The van der Waals surface area contributed by atoms with Gasteiger partial charge in [0.1, 0.15) is 11.0 Å². The fourth-order valence-electron chi connectivity index (χ4n) is 1.69. The standard InChI is InChI=1S/C11H15ClN4/c1-3-8(4-2)14-11-7-9(12)15-10-5-6-13-16(10)11/h5-8,14H,3-4H2,1-2H3. The fraction of sp³-hybridized carbons (Fsp3) is 0.455. The van der Waals surface area contributed by atoms with Crippen LogP contribution in [0.1, 0.15) is 26.7 Å². The Bertz CT molecular complexity index is 476. The predicted octanol–water partition coefficient (Wildman–Crippen LogP) is 2.98. The first-order valence-electron chi connectivity index (χ1n) is 5.51. The van der Waals surface area contributed by atoms with Crippen LogP contribution >= 0.6 is 11.6 Å². The third kappa shape index (κ3) is 2.11. The molecule has 0 aliphatic carbocycles. The molecular weight excluding hydrogens is 224 g/mol. The zero-order chi connectivity index (χ0) is 11.5. The molecule has 2 rings (SSSR count). The van der Waals surface area contributed by atoms with Crippen molar-refractivity contribution in [1.82, 2.24) is 14.6 Å². The lowest BCUT2D eigenvalue weighted by Gasteiger charge is -2.16. The summed E-state index contributed by atoms with van der Waals surface area (Å²) >= 11 is 5.96. The van der Waals surface area contributed by atoms with Crippen molar-refractivity contribution in [3.05, 3.63) is 23.5 Å². The second kappa shape index (κ2) is 4.70. The van der Waals surface area contributed by atoms with Gasteiger partial charge in [-0.3, -0.25) is 0 Å². The molecule has 5 heteroatoms. The average Bonchev–Trinajstić information content (AvgIpc) is 2.73. The molecule has 0 saturated carbocycles. The van der Waals surface area contributed by atoms with Gasteiger partial charge in [0.15, 0.2) is 5.65 Å². The van der Waals surface area contributed by atoms with Gasteiger partial charge in [-0.1, -0.05) is 25.4 Å². The lowest BCUT2D eigenvalue weighted by atomic mass is 10.2. The summed E-state index contributed by atoms with van der Waals surface area (Å²) in [7, 11) is 0. The SMILES string of the molecule is CCC(CC)Nc1cc(Cl)nc2ccnn12. The van der Waals surface area contributed by atoms with Crippen LogP contribution in [0, 0.1) is 0 Å². The molecule has 0 bridgehead atoms. The number of halogens is 1. The highest BCUT2D eigenvalue weighted by atomic mass is 35.5. The Morgan fingerprint density at radius 3 is 2.88 bits per heavy atom. The maximum absolute atomic E-state index is 5.96. The van der Waals surface area contributed by atoms with Crippen molar-refractivity contribution < 1.29 is 0 Å². The van der Waals surface area contributed by atoms with E-state index in [1.807, 2.05) is 6.07 Å². The molecule has 1 N–H and O–H groups in total. The molecule has 0 amide bonds. The van der Waals surface area contributed by atoms with Crippen molar-refractivity contribution in [3.63, 3.8) is 0 Å². The Balaban J connectivity index is 2.38. The van der Waals surface area contributed by atoms with Crippen LogP contribution in [0.2, 0.25) is 5.15 Å². The van der Waals surface area contributed by atoms with Crippen LogP contribution in [0.3, 0.4) is 0 Å². The van der Waals surface area contributed by atoms with Crippen LogP contribution in [0.4, 0.5) is 5.82 Å². The van der Waals surface area contributed by atoms with Crippen LogP contribution in [0.15, 0.2) is 18.3 Å². The molecule has 0 aliphatic rings. The maximum atomic E-state index is 5.96. The molecule has 0 atom stereocenters. The number of nitrogens with zero attached hydrogens (tertiary/aromatic N) is 3. The van der Waals surface area contributed by atoms with Gasteiger partial charge >= 0.3 is 0 Å². The minimum absolute atomic E-state index is 0.436. The van der Waals surface area contributed by atoms with Gasteiger partial charge in [0.25, 0.3) is 0 Å². The van der Waals surface area contributed by atoms with E-state index in [1.54, 1.807) is 16.8 Å².